The van der Waals surface area contributed by atoms with Gasteiger partial charge >= 0.3 is 11.9 Å². The fourth-order valence-corrected chi connectivity index (χ4v) is 4.00. The van der Waals surface area contributed by atoms with Crippen LogP contribution in [0.4, 0.5) is 0 Å². The fourth-order valence-electron chi connectivity index (χ4n) is 4.00. The number of carbonyl (C=O) groups is 2. The third-order valence-electron chi connectivity index (χ3n) is 5.57. The number of epoxide rings is 1. The van der Waals surface area contributed by atoms with E-state index in [1.165, 1.54) is 12.5 Å². The van der Waals surface area contributed by atoms with Gasteiger partial charge < -0.3 is 18.6 Å². The van der Waals surface area contributed by atoms with Crippen molar-refractivity contribution in [2.75, 3.05) is 0 Å². The predicted molar refractivity (Wildman–Crippen MR) is 91.3 cm³/mol. The summed E-state index contributed by atoms with van der Waals surface area (Å²) in [4.78, 5) is 24.7. The summed E-state index contributed by atoms with van der Waals surface area (Å²) < 4.78 is 22.2. The molecule has 3 heterocycles. The van der Waals surface area contributed by atoms with Crippen molar-refractivity contribution < 1.29 is 28.2 Å². The molecule has 1 aromatic heterocycles. The van der Waals surface area contributed by atoms with Crippen LogP contribution in [0.1, 0.15) is 43.5 Å². The lowest BCUT2D eigenvalue weighted by Gasteiger charge is -2.28. The van der Waals surface area contributed by atoms with Crippen LogP contribution in [0.15, 0.2) is 46.8 Å². The Bertz CT molecular complexity index is 776. The second-order valence-corrected chi connectivity index (χ2v) is 7.52. The van der Waals surface area contributed by atoms with E-state index in [9.17, 15) is 9.59 Å². The molecule has 1 aliphatic carbocycles. The van der Waals surface area contributed by atoms with Crippen molar-refractivity contribution >= 4 is 11.9 Å². The molecule has 4 rings (SSSR count). The van der Waals surface area contributed by atoms with Crippen LogP contribution in [0.3, 0.4) is 0 Å². The van der Waals surface area contributed by atoms with E-state index in [1.807, 2.05) is 13.8 Å². The molecule has 2 saturated heterocycles. The number of furan rings is 1. The Kier molecular flexibility index (Phi) is 4.03. The number of rotatable bonds is 2. The summed E-state index contributed by atoms with van der Waals surface area (Å²) >= 11 is 0. The Morgan fingerprint density at radius 1 is 1.42 bits per heavy atom. The average Bonchev–Trinajstić information content (AvgIpc) is 2.95. The number of hydrogen-bond donors (Lipinski definition) is 0. The van der Waals surface area contributed by atoms with Gasteiger partial charge in [0, 0.05) is 12.0 Å². The number of fused-ring (bicyclic) bond motifs is 3. The van der Waals surface area contributed by atoms with Crippen molar-refractivity contribution in [2.45, 2.75) is 57.0 Å². The number of esters is 2. The summed E-state index contributed by atoms with van der Waals surface area (Å²) in [6.45, 7) is 7.94. The van der Waals surface area contributed by atoms with E-state index in [1.54, 1.807) is 6.07 Å². The van der Waals surface area contributed by atoms with Gasteiger partial charge in [0.25, 0.3) is 0 Å². The maximum absolute atomic E-state index is 12.5. The largest absolute Gasteiger partial charge is 0.472 e. The summed E-state index contributed by atoms with van der Waals surface area (Å²) in [6, 6.07) is 1.55. The lowest BCUT2D eigenvalue weighted by atomic mass is 9.82. The van der Waals surface area contributed by atoms with Gasteiger partial charge in [0.15, 0.2) is 0 Å². The van der Waals surface area contributed by atoms with Crippen LogP contribution in [-0.4, -0.2) is 35.9 Å². The van der Waals surface area contributed by atoms with Gasteiger partial charge in [0.1, 0.15) is 24.6 Å². The first-order chi connectivity index (χ1) is 12.4. The maximum atomic E-state index is 12.5. The van der Waals surface area contributed by atoms with Crippen LogP contribution in [-0.2, 0) is 19.0 Å². The van der Waals surface area contributed by atoms with E-state index in [0.717, 1.165) is 18.4 Å². The Balaban J connectivity index is 1.66. The molecular formula is C20H22O6. The zero-order valence-electron chi connectivity index (χ0n) is 14.9. The molecule has 0 N–H and O–H groups in total. The van der Waals surface area contributed by atoms with Gasteiger partial charge in [-0.2, -0.15) is 0 Å². The molecule has 2 fully saturated rings. The topological polar surface area (TPSA) is 78.3 Å². The fraction of sp³-hybridized carbons (Fsp3) is 0.500. The van der Waals surface area contributed by atoms with E-state index in [-0.39, 0.29) is 11.7 Å². The smallest absolute Gasteiger partial charge is 0.341 e. The van der Waals surface area contributed by atoms with Crippen molar-refractivity contribution in [2.24, 2.45) is 5.92 Å². The van der Waals surface area contributed by atoms with Crippen LogP contribution in [0.25, 0.3) is 0 Å². The molecule has 138 valence electrons. The van der Waals surface area contributed by atoms with Gasteiger partial charge in [-0.15, -0.1) is 0 Å². The molecule has 5 atom stereocenters. The summed E-state index contributed by atoms with van der Waals surface area (Å²) in [5.41, 5.74) is 1.46. The summed E-state index contributed by atoms with van der Waals surface area (Å²) in [7, 11) is 0. The van der Waals surface area contributed by atoms with Crippen molar-refractivity contribution in [3.8, 4) is 0 Å². The molecule has 3 aliphatic rings. The summed E-state index contributed by atoms with van der Waals surface area (Å²) in [5.74, 6) is -1.35. The zero-order chi connectivity index (χ0) is 18.5. The Labute approximate surface area is 151 Å². The van der Waals surface area contributed by atoms with Crippen LogP contribution in [0, 0.1) is 5.92 Å². The number of allylic oxidation sites excluding steroid dienone is 1. The highest BCUT2D eigenvalue weighted by Crippen LogP contribution is 2.50. The number of hydrogen-bond acceptors (Lipinski definition) is 6. The van der Waals surface area contributed by atoms with Gasteiger partial charge in [-0.25, -0.2) is 9.59 Å². The number of carbonyl (C=O) groups excluding carboxylic acids is 2. The number of ether oxygens (including phenoxy) is 3. The van der Waals surface area contributed by atoms with Gasteiger partial charge in [-0.1, -0.05) is 18.2 Å². The average molecular weight is 358 g/mol. The van der Waals surface area contributed by atoms with Gasteiger partial charge in [-0.05, 0) is 32.8 Å². The minimum absolute atomic E-state index is 0.197. The zero-order valence-corrected chi connectivity index (χ0v) is 14.9. The highest BCUT2D eigenvalue weighted by atomic mass is 16.6. The molecule has 0 spiro atoms. The van der Waals surface area contributed by atoms with E-state index in [4.69, 9.17) is 18.6 Å². The lowest BCUT2D eigenvalue weighted by Crippen LogP contribution is -2.38. The molecule has 0 radical (unpaired) electrons. The minimum Gasteiger partial charge on any atom is -0.472 e. The van der Waals surface area contributed by atoms with Crippen LogP contribution in [0.5, 0.6) is 0 Å². The van der Waals surface area contributed by atoms with Crippen molar-refractivity contribution in [1.29, 1.82) is 0 Å². The molecule has 0 saturated carbocycles. The molecule has 6 heteroatoms. The SMILES string of the molecule is C=C1C(=O)OC2C1C(OC(=O)c1ccoc1)CC(C)=CCCC1(C)OC21. The van der Waals surface area contributed by atoms with Crippen LogP contribution in [0.2, 0.25) is 0 Å². The Morgan fingerprint density at radius 2 is 2.23 bits per heavy atom. The molecular weight excluding hydrogens is 336 g/mol. The van der Waals surface area contributed by atoms with E-state index < -0.39 is 30.1 Å². The van der Waals surface area contributed by atoms with Gasteiger partial charge in [-0.3, -0.25) is 0 Å². The minimum atomic E-state index is -0.552. The lowest BCUT2D eigenvalue weighted by molar-refractivity contribution is -0.140. The predicted octanol–water partition coefficient (Wildman–Crippen LogP) is 3.19. The highest BCUT2D eigenvalue weighted by Gasteiger charge is 2.63. The second-order valence-electron chi connectivity index (χ2n) is 7.52. The molecule has 2 aliphatic heterocycles. The van der Waals surface area contributed by atoms with Crippen LogP contribution < -0.4 is 0 Å². The van der Waals surface area contributed by atoms with E-state index in [0.29, 0.717) is 17.6 Å². The third kappa shape index (κ3) is 2.88. The molecule has 0 aromatic carbocycles. The van der Waals surface area contributed by atoms with Crippen LogP contribution >= 0.6 is 0 Å². The normalized spacial score (nSPS) is 36.5. The monoisotopic (exact) mass is 358 g/mol. The molecule has 0 bridgehead atoms. The standard InChI is InChI=1S/C20H22O6/c1-11-5-4-7-20(3)17(26-20)16-15(12(2)18(21)25-16)14(9-11)24-19(22)13-6-8-23-10-13/h5-6,8,10,14-17H,2,4,7,9H2,1,3H3. The maximum Gasteiger partial charge on any atom is 0.341 e. The first-order valence-corrected chi connectivity index (χ1v) is 8.85. The van der Waals surface area contributed by atoms with E-state index in [2.05, 4.69) is 12.7 Å². The molecule has 6 nitrogen and oxygen atoms in total. The Morgan fingerprint density at radius 3 is 2.96 bits per heavy atom. The first kappa shape index (κ1) is 17.1. The Hall–Kier alpha value is -2.34. The van der Waals surface area contributed by atoms with Gasteiger partial charge in [0.05, 0.1) is 23.3 Å². The summed E-state index contributed by atoms with van der Waals surface area (Å²) in [5, 5.41) is 0. The molecule has 26 heavy (non-hydrogen) atoms. The van der Waals surface area contributed by atoms with E-state index >= 15 is 0 Å². The van der Waals surface area contributed by atoms with Crippen molar-refractivity contribution in [3.05, 3.63) is 48.0 Å². The quantitative estimate of drug-likeness (QED) is 0.350. The van der Waals surface area contributed by atoms with Crippen molar-refractivity contribution in [3.63, 3.8) is 0 Å². The molecule has 1 aromatic rings. The second kappa shape index (κ2) is 6.13. The molecule has 5 unspecified atom stereocenters. The first-order valence-electron chi connectivity index (χ1n) is 8.85. The van der Waals surface area contributed by atoms with Crippen molar-refractivity contribution in [1.82, 2.24) is 0 Å². The van der Waals surface area contributed by atoms with Gasteiger partial charge in [0.2, 0.25) is 0 Å². The summed E-state index contributed by atoms with van der Waals surface area (Å²) in [6.07, 6.45) is 5.93. The molecule has 0 amide bonds. The third-order valence-corrected chi connectivity index (χ3v) is 5.57. The highest BCUT2D eigenvalue weighted by molar-refractivity contribution is 5.92.